The number of aliphatic hydroxyl groups excluding tert-OH is 1. The van der Waals surface area contributed by atoms with E-state index in [-0.39, 0.29) is 5.56 Å². The van der Waals surface area contributed by atoms with Crippen LogP contribution in [0.1, 0.15) is 29.7 Å². The molecule has 2 aromatic carbocycles. The molecule has 0 fully saturated rings. The van der Waals surface area contributed by atoms with Gasteiger partial charge in [-0.05, 0) is 23.6 Å². The minimum absolute atomic E-state index is 0.0387. The summed E-state index contributed by atoms with van der Waals surface area (Å²) in [6, 6.07) is 11.0. The third-order valence-electron chi connectivity index (χ3n) is 2.95. The van der Waals surface area contributed by atoms with Crippen molar-refractivity contribution < 1.29 is 13.9 Å². The van der Waals surface area contributed by atoms with Gasteiger partial charge in [0.25, 0.3) is 0 Å². The van der Waals surface area contributed by atoms with Gasteiger partial charge in [0.2, 0.25) is 0 Å². The van der Waals surface area contributed by atoms with E-state index in [1.165, 1.54) is 12.1 Å². The molecule has 0 saturated heterocycles. The average molecular weight is 248 g/mol. The molecular weight excluding hydrogens is 234 g/mol. The summed E-state index contributed by atoms with van der Waals surface area (Å²) < 4.78 is 26.7. The molecule has 94 valence electrons. The lowest BCUT2D eigenvalue weighted by atomic mass is 9.98. The maximum absolute atomic E-state index is 13.6. The van der Waals surface area contributed by atoms with E-state index in [1.807, 2.05) is 13.0 Å². The Hall–Kier alpha value is -1.74. The highest BCUT2D eigenvalue weighted by Crippen LogP contribution is 2.26. The summed E-state index contributed by atoms with van der Waals surface area (Å²) in [5.74, 6) is -1.94. The van der Waals surface area contributed by atoms with Gasteiger partial charge in [-0.25, -0.2) is 8.78 Å². The molecule has 0 amide bonds. The van der Waals surface area contributed by atoms with Crippen molar-refractivity contribution in [1.29, 1.82) is 0 Å². The predicted octanol–water partition coefficient (Wildman–Crippen LogP) is 3.61. The third kappa shape index (κ3) is 2.41. The van der Waals surface area contributed by atoms with Crippen LogP contribution in [0.2, 0.25) is 0 Å². The summed E-state index contributed by atoms with van der Waals surface area (Å²) in [5.41, 5.74) is 1.57. The lowest BCUT2D eigenvalue weighted by molar-refractivity contribution is 0.213. The molecule has 0 aliphatic rings. The molecule has 0 heterocycles. The molecule has 3 heteroatoms. The van der Waals surface area contributed by atoms with Crippen LogP contribution in [0.3, 0.4) is 0 Å². The van der Waals surface area contributed by atoms with Crippen LogP contribution >= 0.6 is 0 Å². The number of hydrogen-bond acceptors (Lipinski definition) is 1. The molecule has 0 aliphatic carbocycles. The lowest BCUT2D eigenvalue weighted by Gasteiger charge is -2.13. The molecule has 0 bridgehead atoms. The van der Waals surface area contributed by atoms with Crippen molar-refractivity contribution in [2.24, 2.45) is 0 Å². The van der Waals surface area contributed by atoms with Gasteiger partial charge in [0, 0.05) is 5.56 Å². The quantitative estimate of drug-likeness (QED) is 0.879. The average Bonchev–Trinajstić information content (AvgIpc) is 2.41. The molecule has 0 saturated carbocycles. The van der Waals surface area contributed by atoms with Crippen molar-refractivity contribution in [3.05, 3.63) is 70.8 Å². The van der Waals surface area contributed by atoms with E-state index in [0.29, 0.717) is 5.56 Å². The second kappa shape index (κ2) is 5.27. The molecule has 1 unspecified atom stereocenters. The zero-order valence-corrected chi connectivity index (χ0v) is 10.0. The van der Waals surface area contributed by atoms with Crippen molar-refractivity contribution in [3.8, 4) is 0 Å². The van der Waals surface area contributed by atoms with Crippen LogP contribution in [0.25, 0.3) is 0 Å². The summed E-state index contributed by atoms with van der Waals surface area (Å²) >= 11 is 0. The Kier molecular flexibility index (Phi) is 3.72. The maximum atomic E-state index is 13.6. The molecule has 0 aliphatic heterocycles. The minimum atomic E-state index is -1.15. The standard InChI is InChI=1S/C15H14F2O/c1-2-10-5-3-6-11(9-10)15(18)12-7-4-8-13(16)14(12)17/h3-9,15,18H,2H2,1H3. The molecule has 0 aromatic heterocycles. The Bertz CT molecular complexity index is 552. The van der Waals surface area contributed by atoms with E-state index in [0.717, 1.165) is 18.1 Å². The first-order valence-corrected chi connectivity index (χ1v) is 5.84. The monoisotopic (exact) mass is 248 g/mol. The molecule has 1 atom stereocenters. The fourth-order valence-electron chi connectivity index (χ4n) is 1.89. The zero-order valence-electron chi connectivity index (χ0n) is 10.0. The van der Waals surface area contributed by atoms with E-state index in [1.54, 1.807) is 18.2 Å². The van der Waals surface area contributed by atoms with E-state index in [2.05, 4.69) is 0 Å². The van der Waals surface area contributed by atoms with E-state index < -0.39 is 17.7 Å². The molecule has 1 N–H and O–H groups in total. The van der Waals surface area contributed by atoms with Crippen LogP contribution in [-0.2, 0) is 6.42 Å². The highest BCUT2D eigenvalue weighted by atomic mass is 19.2. The minimum Gasteiger partial charge on any atom is -0.384 e. The number of halogens is 2. The Labute approximate surface area is 105 Å². The van der Waals surface area contributed by atoms with Crippen LogP contribution < -0.4 is 0 Å². The predicted molar refractivity (Wildman–Crippen MR) is 66.2 cm³/mol. The molecule has 2 aromatic rings. The van der Waals surface area contributed by atoms with Crippen LogP contribution in [0, 0.1) is 11.6 Å². The topological polar surface area (TPSA) is 20.2 Å². The summed E-state index contributed by atoms with van der Waals surface area (Å²) in [6.45, 7) is 1.99. The molecule has 1 nitrogen and oxygen atoms in total. The third-order valence-corrected chi connectivity index (χ3v) is 2.95. The number of aryl methyl sites for hydroxylation is 1. The van der Waals surface area contributed by atoms with Gasteiger partial charge < -0.3 is 5.11 Å². The molecule has 0 radical (unpaired) electrons. The molecule has 18 heavy (non-hydrogen) atoms. The van der Waals surface area contributed by atoms with Crippen LogP contribution in [0.5, 0.6) is 0 Å². The van der Waals surface area contributed by atoms with Crippen LogP contribution in [-0.4, -0.2) is 5.11 Å². The molecule has 2 rings (SSSR count). The largest absolute Gasteiger partial charge is 0.384 e. The van der Waals surface area contributed by atoms with Gasteiger partial charge in [-0.1, -0.05) is 43.3 Å². The summed E-state index contributed by atoms with van der Waals surface area (Å²) in [6.07, 6.45) is -0.321. The Morgan fingerprint density at radius 3 is 2.56 bits per heavy atom. The van der Waals surface area contributed by atoms with Gasteiger partial charge in [0.05, 0.1) is 0 Å². The van der Waals surface area contributed by atoms with Crippen molar-refractivity contribution in [2.75, 3.05) is 0 Å². The van der Waals surface area contributed by atoms with Gasteiger partial charge in [0.15, 0.2) is 11.6 Å². The highest BCUT2D eigenvalue weighted by Gasteiger charge is 2.17. The Morgan fingerprint density at radius 1 is 1.11 bits per heavy atom. The van der Waals surface area contributed by atoms with Crippen LogP contribution in [0.15, 0.2) is 42.5 Å². The first-order chi connectivity index (χ1) is 8.63. The second-order valence-corrected chi connectivity index (χ2v) is 4.14. The highest BCUT2D eigenvalue weighted by molar-refractivity contribution is 5.33. The smallest absolute Gasteiger partial charge is 0.164 e. The number of rotatable bonds is 3. The van der Waals surface area contributed by atoms with Crippen molar-refractivity contribution in [3.63, 3.8) is 0 Å². The fourth-order valence-corrected chi connectivity index (χ4v) is 1.89. The SMILES string of the molecule is CCc1cccc(C(O)c2cccc(F)c2F)c1. The second-order valence-electron chi connectivity index (χ2n) is 4.14. The molecular formula is C15H14F2O. The van der Waals surface area contributed by atoms with Gasteiger partial charge >= 0.3 is 0 Å². The summed E-state index contributed by atoms with van der Waals surface area (Å²) in [5, 5.41) is 10.1. The summed E-state index contributed by atoms with van der Waals surface area (Å²) in [4.78, 5) is 0. The maximum Gasteiger partial charge on any atom is 0.164 e. The van der Waals surface area contributed by atoms with Crippen LogP contribution in [0.4, 0.5) is 8.78 Å². The number of benzene rings is 2. The van der Waals surface area contributed by atoms with Gasteiger partial charge in [-0.2, -0.15) is 0 Å². The van der Waals surface area contributed by atoms with E-state index >= 15 is 0 Å². The number of hydrogen-bond donors (Lipinski definition) is 1. The fraction of sp³-hybridized carbons (Fsp3) is 0.200. The normalized spacial score (nSPS) is 12.4. The zero-order chi connectivity index (χ0) is 13.1. The van der Waals surface area contributed by atoms with E-state index in [9.17, 15) is 13.9 Å². The summed E-state index contributed by atoms with van der Waals surface area (Å²) in [7, 11) is 0. The van der Waals surface area contributed by atoms with Crippen molar-refractivity contribution in [1.82, 2.24) is 0 Å². The van der Waals surface area contributed by atoms with Crippen molar-refractivity contribution >= 4 is 0 Å². The van der Waals surface area contributed by atoms with E-state index in [4.69, 9.17) is 0 Å². The van der Waals surface area contributed by atoms with Crippen molar-refractivity contribution in [2.45, 2.75) is 19.4 Å². The van der Waals surface area contributed by atoms with Gasteiger partial charge in [0.1, 0.15) is 6.10 Å². The Morgan fingerprint density at radius 2 is 1.83 bits per heavy atom. The first kappa shape index (κ1) is 12.7. The lowest BCUT2D eigenvalue weighted by Crippen LogP contribution is -2.04. The van der Waals surface area contributed by atoms with Gasteiger partial charge in [-0.15, -0.1) is 0 Å². The Balaban J connectivity index is 2.41. The number of aliphatic hydroxyl groups is 1. The van der Waals surface area contributed by atoms with Gasteiger partial charge in [-0.3, -0.25) is 0 Å². The first-order valence-electron chi connectivity index (χ1n) is 5.84. The molecule has 0 spiro atoms.